The van der Waals surface area contributed by atoms with Crippen LogP contribution in [0.5, 0.6) is 11.5 Å². The van der Waals surface area contributed by atoms with Crippen LogP contribution in [0.1, 0.15) is 32.8 Å². The van der Waals surface area contributed by atoms with Crippen LogP contribution in [-0.4, -0.2) is 19.3 Å². The number of hydrogen-bond acceptors (Lipinski definition) is 3. The summed E-state index contributed by atoms with van der Waals surface area (Å²) in [4.78, 5) is 0. The van der Waals surface area contributed by atoms with Crippen molar-refractivity contribution in [1.82, 2.24) is 5.32 Å². The van der Waals surface area contributed by atoms with Gasteiger partial charge in [-0.1, -0.05) is 20.8 Å². The Morgan fingerprint density at radius 1 is 1.26 bits per heavy atom. The summed E-state index contributed by atoms with van der Waals surface area (Å²) in [6, 6.07) is 4.72. The van der Waals surface area contributed by atoms with E-state index >= 15 is 0 Å². The van der Waals surface area contributed by atoms with Crippen molar-refractivity contribution >= 4 is 15.9 Å². The molecule has 0 spiro atoms. The molecule has 0 bridgehead atoms. The molecule has 1 aliphatic heterocycles. The lowest BCUT2D eigenvalue weighted by Crippen LogP contribution is -2.32. The molecule has 0 fully saturated rings. The lowest BCUT2D eigenvalue weighted by atomic mass is 10.0. The number of fused-ring (bicyclic) bond motifs is 1. The standard InChI is InChI=1S/C15H22BrNO2/c1-4-13(10(2)3)17-9-11-7-12(16)15-14(8-11)18-5-6-19-15/h7-8,10,13,17H,4-6,9H2,1-3H3. The highest BCUT2D eigenvalue weighted by Gasteiger charge is 2.17. The number of ether oxygens (including phenoxy) is 2. The van der Waals surface area contributed by atoms with Crippen molar-refractivity contribution in [2.24, 2.45) is 5.92 Å². The first kappa shape index (κ1) is 14.7. The molecule has 0 saturated carbocycles. The van der Waals surface area contributed by atoms with Crippen LogP contribution in [0.3, 0.4) is 0 Å². The summed E-state index contributed by atoms with van der Waals surface area (Å²) in [7, 11) is 0. The van der Waals surface area contributed by atoms with Crippen LogP contribution in [0.25, 0.3) is 0 Å². The third-order valence-corrected chi connectivity index (χ3v) is 4.06. The highest BCUT2D eigenvalue weighted by atomic mass is 79.9. The zero-order chi connectivity index (χ0) is 13.8. The van der Waals surface area contributed by atoms with E-state index in [1.165, 1.54) is 5.56 Å². The predicted molar refractivity (Wildman–Crippen MR) is 80.9 cm³/mol. The number of rotatable bonds is 5. The van der Waals surface area contributed by atoms with Crippen LogP contribution in [-0.2, 0) is 6.54 Å². The molecule has 4 heteroatoms. The van der Waals surface area contributed by atoms with Crippen LogP contribution < -0.4 is 14.8 Å². The lowest BCUT2D eigenvalue weighted by molar-refractivity contribution is 0.170. The Labute approximate surface area is 123 Å². The van der Waals surface area contributed by atoms with Gasteiger partial charge in [0.2, 0.25) is 0 Å². The van der Waals surface area contributed by atoms with Crippen LogP contribution >= 0.6 is 15.9 Å². The third kappa shape index (κ3) is 3.63. The van der Waals surface area contributed by atoms with E-state index in [-0.39, 0.29) is 0 Å². The van der Waals surface area contributed by atoms with Crippen molar-refractivity contribution in [3.63, 3.8) is 0 Å². The smallest absolute Gasteiger partial charge is 0.175 e. The first-order valence-corrected chi connectivity index (χ1v) is 7.72. The van der Waals surface area contributed by atoms with Crippen LogP contribution in [0, 0.1) is 5.92 Å². The summed E-state index contributed by atoms with van der Waals surface area (Å²) >= 11 is 3.55. The molecule has 2 rings (SSSR count). The molecule has 19 heavy (non-hydrogen) atoms. The Morgan fingerprint density at radius 3 is 2.68 bits per heavy atom. The number of hydrogen-bond donors (Lipinski definition) is 1. The van der Waals surface area contributed by atoms with Gasteiger partial charge in [-0.2, -0.15) is 0 Å². The largest absolute Gasteiger partial charge is 0.486 e. The van der Waals surface area contributed by atoms with Gasteiger partial charge in [-0.15, -0.1) is 0 Å². The van der Waals surface area contributed by atoms with E-state index in [1.54, 1.807) is 0 Å². The Bertz CT molecular complexity index is 434. The van der Waals surface area contributed by atoms with Crippen molar-refractivity contribution in [3.05, 3.63) is 22.2 Å². The van der Waals surface area contributed by atoms with Gasteiger partial charge >= 0.3 is 0 Å². The van der Waals surface area contributed by atoms with E-state index in [1.807, 2.05) is 0 Å². The molecular formula is C15H22BrNO2. The van der Waals surface area contributed by atoms with Crippen molar-refractivity contribution in [2.45, 2.75) is 39.8 Å². The molecule has 1 aliphatic rings. The highest BCUT2D eigenvalue weighted by Crippen LogP contribution is 2.38. The zero-order valence-electron chi connectivity index (χ0n) is 11.8. The minimum atomic E-state index is 0.548. The van der Waals surface area contributed by atoms with Gasteiger partial charge < -0.3 is 14.8 Å². The number of halogens is 1. The molecule has 0 aromatic heterocycles. The molecule has 1 aromatic rings. The topological polar surface area (TPSA) is 30.5 Å². The predicted octanol–water partition coefficient (Wildman–Crippen LogP) is 3.74. The van der Waals surface area contributed by atoms with E-state index in [4.69, 9.17) is 9.47 Å². The van der Waals surface area contributed by atoms with Gasteiger partial charge in [0, 0.05) is 12.6 Å². The van der Waals surface area contributed by atoms with Crippen LogP contribution in [0.15, 0.2) is 16.6 Å². The summed E-state index contributed by atoms with van der Waals surface area (Å²) < 4.78 is 12.2. The molecule has 1 unspecified atom stereocenters. The number of nitrogens with one attached hydrogen (secondary N) is 1. The molecule has 1 heterocycles. The minimum absolute atomic E-state index is 0.548. The number of benzene rings is 1. The Hall–Kier alpha value is -0.740. The Balaban J connectivity index is 2.07. The summed E-state index contributed by atoms with van der Waals surface area (Å²) in [5.41, 5.74) is 1.22. The van der Waals surface area contributed by atoms with Crippen molar-refractivity contribution in [2.75, 3.05) is 13.2 Å². The second-order valence-electron chi connectivity index (χ2n) is 5.24. The van der Waals surface area contributed by atoms with E-state index in [2.05, 4.69) is 54.2 Å². The molecular weight excluding hydrogens is 306 g/mol. The third-order valence-electron chi connectivity index (χ3n) is 3.47. The maximum atomic E-state index is 5.64. The molecule has 1 N–H and O–H groups in total. The summed E-state index contributed by atoms with van der Waals surface area (Å²) in [6.07, 6.45) is 1.14. The molecule has 0 amide bonds. The van der Waals surface area contributed by atoms with E-state index < -0.39 is 0 Å². The fraction of sp³-hybridized carbons (Fsp3) is 0.600. The Kier molecular flexibility index (Phi) is 5.11. The molecule has 106 valence electrons. The molecule has 0 radical (unpaired) electrons. The van der Waals surface area contributed by atoms with Crippen molar-refractivity contribution < 1.29 is 9.47 Å². The van der Waals surface area contributed by atoms with Crippen LogP contribution in [0.4, 0.5) is 0 Å². The summed E-state index contributed by atoms with van der Waals surface area (Å²) in [5, 5.41) is 3.60. The lowest BCUT2D eigenvalue weighted by Gasteiger charge is -2.23. The Morgan fingerprint density at radius 2 is 2.00 bits per heavy atom. The zero-order valence-corrected chi connectivity index (χ0v) is 13.4. The second kappa shape index (κ2) is 6.62. The average molecular weight is 328 g/mol. The second-order valence-corrected chi connectivity index (χ2v) is 6.10. The summed E-state index contributed by atoms with van der Waals surface area (Å²) in [6.45, 7) is 8.82. The first-order chi connectivity index (χ1) is 9.11. The van der Waals surface area contributed by atoms with Crippen molar-refractivity contribution in [3.8, 4) is 11.5 Å². The van der Waals surface area contributed by atoms with Gasteiger partial charge in [-0.3, -0.25) is 0 Å². The van der Waals surface area contributed by atoms with Gasteiger partial charge in [-0.05, 0) is 46.0 Å². The maximum Gasteiger partial charge on any atom is 0.175 e. The fourth-order valence-electron chi connectivity index (χ4n) is 2.37. The SMILES string of the molecule is CCC(NCc1cc(Br)c2c(c1)OCCO2)C(C)C. The maximum absolute atomic E-state index is 5.64. The van der Waals surface area contributed by atoms with E-state index in [0.29, 0.717) is 25.2 Å². The first-order valence-electron chi connectivity index (χ1n) is 6.93. The van der Waals surface area contributed by atoms with Crippen LogP contribution in [0.2, 0.25) is 0 Å². The van der Waals surface area contributed by atoms with Gasteiger partial charge in [-0.25, -0.2) is 0 Å². The fourth-order valence-corrected chi connectivity index (χ4v) is 2.97. The van der Waals surface area contributed by atoms with Crippen molar-refractivity contribution in [1.29, 1.82) is 0 Å². The monoisotopic (exact) mass is 327 g/mol. The molecule has 0 aliphatic carbocycles. The van der Waals surface area contributed by atoms with Gasteiger partial charge in [0.15, 0.2) is 11.5 Å². The average Bonchev–Trinajstić information content (AvgIpc) is 2.39. The van der Waals surface area contributed by atoms with Gasteiger partial charge in [0.25, 0.3) is 0 Å². The minimum Gasteiger partial charge on any atom is -0.486 e. The normalized spacial score (nSPS) is 15.6. The van der Waals surface area contributed by atoms with E-state index in [0.717, 1.165) is 28.9 Å². The molecule has 1 atom stereocenters. The summed E-state index contributed by atoms with van der Waals surface area (Å²) in [5.74, 6) is 2.31. The quantitative estimate of drug-likeness (QED) is 0.893. The molecule has 0 saturated heterocycles. The molecule has 3 nitrogen and oxygen atoms in total. The molecule has 1 aromatic carbocycles. The van der Waals surface area contributed by atoms with E-state index in [9.17, 15) is 0 Å². The van der Waals surface area contributed by atoms with Gasteiger partial charge in [0.1, 0.15) is 13.2 Å². The highest BCUT2D eigenvalue weighted by molar-refractivity contribution is 9.10. The van der Waals surface area contributed by atoms with Gasteiger partial charge in [0.05, 0.1) is 4.47 Å².